The molecule has 0 aromatic heterocycles. The minimum Gasteiger partial charge on any atom is -0.465 e. The van der Waals surface area contributed by atoms with Crippen LogP contribution in [0.3, 0.4) is 0 Å². The maximum Gasteiger partial charge on any atom is 0.408 e. The van der Waals surface area contributed by atoms with E-state index < -0.39 is 6.09 Å². The number of nitrogens with one attached hydrogen (secondary N) is 1. The molecule has 1 rings (SSSR count). The summed E-state index contributed by atoms with van der Waals surface area (Å²) in [7, 11) is 0. The second kappa shape index (κ2) is 4.79. The molecular formula is C10H18N2O2S. The number of unbranched alkanes of at least 4 members (excludes halogenated alkanes) is 1. The molecule has 1 heterocycles. The van der Waals surface area contributed by atoms with Crippen molar-refractivity contribution in [3.63, 3.8) is 0 Å². The van der Waals surface area contributed by atoms with Crippen molar-refractivity contribution < 1.29 is 9.90 Å². The Hall–Kier alpha value is -0.840. The monoisotopic (exact) mass is 230 g/mol. The van der Waals surface area contributed by atoms with Gasteiger partial charge in [-0.3, -0.25) is 4.90 Å². The molecule has 1 atom stereocenters. The Morgan fingerprint density at radius 1 is 1.73 bits per heavy atom. The van der Waals surface area contributed by atoms with Crippen molar-refractivity contribution in [1.82, 2.24) is 10.2 Å². The molecule has 0 saturated carbocycles. The third-order valence-electron chi connectivity index (χ3n) is 2.92. The van der Waals surface area contributed by atoms with Crippen molar-refractivity contribution in [2.24, 2.45) is 0 Å². The summed E-state index contributed by atoms with van der Waals surface area (Å²) in [5.74, 6) is 0. The second-order valence-corrected chi connectivity index (χ2v) is 4.74. The molecule has 0 aromatic rings. The molecule has 0 aliphatic carbocycles. The van der Waals surface area contributed by atoms with E-state index in [1.165, 1.54) is 4.90 Å². The first kappa shape index (κ1) is 12.2. The number of amides is 1. The number of rotatable bonds is 3. The lowest BCUT2D eigenvalue weighted by molar-refractivity contribution is 0.0823. The van der Waals surface area contributed by atoms with Crippen LogP contribution < -0.4 is 5.32 Å². The van der Waals surface area contributed by atoms with E-state index in [0.717, 1.165) is 19.3 Å². The first-order valence-electron chi connectivity index (χ1n) is 5.27. The molecule has 1 unspecified atom stereocenters. The van der Waals surface area contributed by atoms with Gasteiger partial charge in [0.15, 0.2) is 0 Å². The van der Waals surface area contributed by atoms with Crippen LogP contribution in [0.2, 0.25) is 0 Å². The van der Waals surface area contributed by atoms with Crippen molar-refractivity contribution in [2.45, 2.75) is 38.6 Å². The normalized spacial score (nSPS) is 26.3. The van der Waals surface area contributed by atoms with Gasteiger partial charge in [0.05, 0.1) is 17.1 Å². The third kappa shape index (κ3) is 2.81. The summed E-state index contributed by atoms with van der Waals surface area (Å²) in [6.45, 7) is 5.03. The molecule has 1 aliphatic rings. The van der Waals surface area contributed by atoms with E-state index in [1.807, 2.05) is 6.92 Å². The highest BCUT2D eigenvalue weighted by atomic mass is 32.1. The molecule has 4 nitrogen and oxygen atoms in total. The standard InChI is InChI=1S/C10H18N2O2S/c1-3-4-5-10(2)7-11-8(15)6-12(10)9(13)14/h3-7H2,1-2H3,(H,11,15)(H,13,14). The fourth-order valence-corrected chi connectivity index (χ4v) is 2.06. The fourth-order valence-electron chi connectivity index (χ4n) is 1.85. The molecule has 0 aromatic carbocycles. The maximum atomic E-state index is 11.1. The van der Waals surface area contributed by atoms with Crippen molar-refractivity contribution in [1.29, 1.82) is 0 Å². The number of piperazine rings is 1. The van der Waals surface area contributed by atoms with E-state index in [1.54, 1.807) is 0 Å². The molecule has 15 heavy (non-hydrogen) atoms. The summed E-state index contributed by atoms with van der Waals surface area (Å²) in [4.78, 5) is 13.2. The van der Waals surface area contributed by atoms with Gasteiger partial charge in [0, 0.05) is 6.54 Å². The highest BCUT2D eigenvalue weighted by Gasteiger charge is 2.38. The molecule has 86 valence electrons. The molecule has 1 amide bonds. The maximum absolute atomic E-state index is 11.1. The van der Waals surface area contributed by atoms with Crippen molar-refractivity contribution in [3.8, 4) is 0 Å². The topological polar surface area (TPSA) is 52.6 Å². The van der Waals surface area contributed by atoms with Gasteiger partial charge in [0.1, 0.15) is 0 Å². The average molecular weight is 230 g/mol. The molecule has 5 heteroatoms. The van der Waals surface area contributed by atoms with Gasteiger partial charge in [-0.25, -0.2) is 4.79 Å². The van der Waals surface area contributed by atoms with Gasteiger partial charge < -0.3 is 10.4 Å². The number of hydrogen-bond donors (Lipinski definition) is 2. The van der Waals surface area contributed by atoms with E-state index in [-0.39, 0.29) is 5.54 Å². The van der Waals surface area contributed by atoms with Gasteiger partial charge in [0.2, 0.25) is 0 Å². The van der Waals surface area contributed by atoms with Crippen LogP contribution in [0.4, 0.5) is 4.79 Å². The van der Waals surface area contributed by atoms with Crippen LogP contribution in [-0.2, 0) is 0 Å². The van der Waals surface area contributed by atoms with Crippen LogP contribution >= 0.6 is 12.2 Å². The van der Waals surface area contributed by atoms with Crippen LogP contribution in [0, 0.1) is 0 Å². The minimum absolute atomic E-state index is 0.315. The van der Waals surface area contributed by atoms with E-state index >= 15 is 0 Å². The summed E-state index contributed by atoms with van der Waals surface area (Å²) >= 11 is 5.00. The van der Waals surface area contributed by atoms with Gasteiger partial charge in [-0.15, -0.1) is 0 Å². The van der Waals surface area contributed by atoms with E-state index in [2.05, 4.69) is 12.2 Å². The summed E-state index contributed by atoms with van der Waals surface area (Å²) in [6, 6.07) is 0. The predicted molar refractivity (Wildman–Crippen MR) is 63.3 cm³/mol. The average Bonchev–Trinajstić information content (AvgIpc) is 2.19. The molecule has 1 aliphatic heterocycles. The molecule has 0 spiro atoms. The Morgan fingerprint density at radius 2 is 2.40 bits per heavy atom. The van der Waals surface area contributed by atoms with Crippen LogP contribution in [0.25, 0.3) is 0 Å². The Bertz CT molecular complexity index is 270. The number of nitrogens with zero attached hydrogens (tertiary/aromatic N) is 1. The zero-order valence-electron chi connectivity index (χ0n) is 9.25. The number of carbonyl (C=O) groups is 1. The van der Waals surface area contributed by atoms with E-state index in [0.29, 0.717) is 18.1 Å². The van der Waals surface area contributed by atoms with Gasteiger partial charge in [0.25, 0.3) is 0 Å². The lowest BCUT2D eigenvalue weighted by atomic mass is 9.91. The smallest absolute Gasteiger partial charge is 0.408 e. The lowest BCUT2D eigenvalue weighted by Gasteiger charge is -2.44. The lowest BCUT2D eigenvalue weighted by Crippen LogP contribution is -2.62. The first-order valence-corrected chi connectivity index (χ1v) is 5.67. The highest BCUT2D eigenvalue weighted by Crippen LogP contribution is 2.24. The van der Waals surface area contributed by atoms with Crippen molar-refractivity contribution in [2.75, 3.05) is 13.1 Å². The van der Waals surface area contributed by atoms with Crippen LogP contribution in [0.5, 0.6) is 0 Å². The predicted octanol–water partition coefficient (Wildman–Crippen LogP) is 1.85. The molecule has 0 bridgehead atoms. The van der Waals surface area contributed by atoms with Crippen molar-refractivity contribution >= 4 is 23.3 Å². The first-order chi connectivity index (χ1) is 6.99. The largest absolute Gasteiger partial charge is 0.465 e. The van der Waals surface area contributed by atoms with Gasteiger partial charge >= 0.3 is 6.09 Å². The summed E-state index contributed by atoms with van der Waals surface area (Å²) < 4.78 is 0. The third-order valence-corrected chi connectivity index (χ3v) is 3.19. The fraction of sp³-hybridized carbons (Fsp3) is 0.800. The Kier molecular flexibility index (Phi) is 3.90. The van der Waals surface area contributed by atoms with Gasteiger partial charge in [-0.1, -0.05) is 32.0 Å². The summed E-state index contributed by atoms with van der Waals surface area (Å²) in [5.41, 5.74) is -0.315. The Morgan fingerprint density at radius 3 is 2.93 bits per heavy atom. The molecule has 1 saturated heterocycles. The van der Waals surface area contributed by atoms with Crippen molar-refractivity contribution in [3.05, 3.63) is 0 Å². The number of thiocarbonyl (C=S) groups is 1. The molecular weight excluding hydrogens is 212 g/mol. The van der Waals surface area contributed by atoms with Crippen LogP contribution in [0.1, 0.15) is 33.1 Å². The quantitative estimate of drug-likeness (QED) is 0.726. The minimum atomic E-state index is -0.877. The Balaban J connectivity index is 2.74. The SMILES string of the molecule is CCCCC1(C)CNC(=S)CN1C(=O)O. The van der Waals surface area contributed by atoms with E-state index in [9.17, 15) is 4.79 Å². The molecule has 0 radical (unpaired) electrons. The van der Waals surface area contributed by atoms with Crippen LogP contribution in [-0.4, -0.2) is 39.7 Å². The van der Waals surface area contributed by atoms with Gasteiger partial charge in [-0.05, 0) is 13.3 Å². The summed E-state index contributed by atoms with van der Waals surface area (Å²) in [6.07, 6.45) is 2.12. The highest BCUT2D eigenvalue weighted by molar-refractivity contribution is 7.80. The Labute approximate surface area is 95.6 Å². The zero-order valence-corrected chi connectivity index (χ0v) is 10.1. The molecule has 2 N–H and O–H groups in total. The summed E-state index contributed by atoms with van der Waals surface area (Å²) in [5, 5.41) is 12.2. The number of hydrogen-bond acceptors (Lipinski definition) is 2. The van der Waals surface area contributed by atoms with Crippen LogP contribution in [0.15, 0.2) is 0 Å². The zero-order chi connectivity index (χ0) is 11.5. The van der Waals surface area contributed by atoms with E-state index in [4.69, 9.17) is 17.3 Å². The molecule has 1 fully saturated rings. The second-order valence-electron chi connectivity index (χ2n) is 4.25. The van der Waals surface area contributed by atoms with Gasteiger partial charge in [-0.2, -0.15) is 0 Å². The number of carboxylic acid groups (broad SMARTS) is 1.